The maximum Gasteiger partial charge on any atom is 0.261 e. The number of thioether (sulfide) groups is 1. The highest BCUT2D eigenvalue weighted by molar-refractivity contribution is 7.98. The predicted octanol–water partition coefficient (Wildman–Crippen LogP) is 5.78. The van der Waals surface area contributed by atoms with Crippen LogP contribution in [0.3, 0.4) is 0 Å². The zero-order valence-corrected chi connectivity index (χ0v) is 22.9. The molecule has 0 aliphatic heterocycles. The molecule has 0 saturated carbocycles. The lowest BCUT2D eigenvalue weighted by atomic mass is 10.2. The van der Waals surface area contributed by atoms with Gasteiger partial charge < -0.3 is 4.43 Å². The summed E-state index contributed by atoms with van der Waals surface area (Å²) in [6, 6.07) is 32.1. The first-order chi connectivity index (χ1) is 16.9. The molecule has 6 heteroatoms. The van der Waals surface area contributed by atoms with Crippen LogP contribution >= 0.6 is 11.8 Å². The molecular weight excluding hydrogens is 466 g/mol. The Morgan fingerprint density at radius 3 is 1.94 bits per heavy atom. The minimum Gasteiger partial charge on any atom is -0.407 e. The van der Waals surface area contributed by atoms with Gasteiger partial charge >= 0.3 is 0 Å². The summed E-state index contributed by atoms with van der Waals surface area (Å²) < 4.78 is 9.04. The molecule has 0 fully saturated rings. The van der Waals surface area contributed by atoms with E-state index in [-0.39, 0.29) is 5.04 Å². The number of aromatic nitrogens is 3. The fourth-order valence-electron chi connectivity index (χ4n) is 4.57. The molecule has 4 rings (SSSR count). The zero-order chi connectivity index (χ0) is 24.7. The van der Waals surface area contributed by atoms with E-state index in [4.69, 9.17) is 4.43 Å². The van der Waals surface area contributed by atoms with E-state index >= 15 is 0 Å². The van der Waals surface area contributed by atoms with Crippen LogP contribution in [0, 0.1) is 5.92 Å². The van der Waals surface area contributed by atoms with Crippen molar-refractivity contribution in [3.05, 3.63) is 103 Å². The largest absolute Gasteiger partial charge is 0.407 e. The first-order valence-corrected chi connectivity index (χ1v) is 15.1. The third kappa shape index (κ3) is 6.12. The quantitative estimate of drug-likeness (QED) is 0.204. The van der Waals surface area contributed by atoms with Gasteiger partial charge in [-0.05, 0) is 26.9 Å². The second kappa shape index (κ2) is 11.4. The first-order valence-electron chi connectivity index (χ1n) is 12.2. The van der Waals surface area contributed by atoms with Gasteiger partial charge in [-0.2, -0.15) is 0 Å². The lowest BCUT2D eigenvalue weighted by Gasteiger charge is -2.43. The minimum absolute atomic E-state index is 0.0239. The second-order valence-electron chi connectivity index (χ2n) is 10.1. The maximum atomic E-state index is 7.08. The molecule has 1 heterocycles. The standard InChI is InChI=1S/C29H35N3OSSi/c1-24(20-32-21-28(30-31-32)34-23-25-14-8-5-9-15-25)22-33-35(29(2,3)4,26-16-10-6-11-17-26)27-18-12-7-13-19-27/h5-19,21,24H,20,22-23H2,1-4H3. The van der Waals surface area contributed by atoms with Gasteiger partial charge in [0.25, 0.3) is 8.32 Å². The summed E-state index contributed by atoms with van der Waals surface area (Å²) in [5, 5.41) is 12.3. The monoisotopic (exact) mass is 501 g/mol. The fraction of sp³-hybridized carbons (Fsp3) is 0.310. The van der Waals surface area contributed by atoms with Gasteiger partial charge in [0.2, 0.25) is 0 Å². The molecule has 0 N–H and O–H groups in total. The highest BCUT2D eigenvalue weighted by Gasteiger charge is 2.50. The van der Waals surface area contributed by atoms with Crippen molar-refractivity contribution in [3.8, 4) is 0 Å². The van der Waals surface area contributed by atoms with Gasteiger partial charge in [-0.25, -0.2) is 0 Å². The van der Waals surface area contributed by atoms with Gasteiger partial charge in [-0.1, -0.05) is 136 Å². The topological polar surface area (TPSA) is 39.9 Å². The van der Waals surface area contributed by atoms with Crippen molar-refractivity contribution in [2.24, 2.45) is 5.92 Å². The Morgan fingerprint density at radius 2 is 1.40 bits per heavy atom. The Kier molecular flexibility index (Phi) is 8.26. The number of nitrogens with zero attached hydrogens (tertiary/aromatic N) is 3. The van der Waals surface area contributed by atoms with Crippen molar-refractivity contribution >= 4 is 30.5 Å². The number of hydrogen-bond acceptors (Lipinski definition) is 4. The second-order valence-corrected chi connectivity index (χ2v) is 15.4. The molecule has 0 bridgehead atoms. The molecule has 1 atom stereocenters. The van der Waals surface area contributed by atoms with E-state index < -0.39 is 8.32 Å². The summed E-state index contributed by atoms with van der Waals surface area (Å²) in [5.74, 6) is 1.19. The summed E-state index contributed by atoms with van der Waals surface area (Å²) in [6.45, 7) is 10.6. The third-order valence-electron chi connectivity index (χ3n) is 6.25. The van der Waals surface area contributed by atoms with Crippen LogP contribution in [0.5, 0.6) is 0 Å². The van der Waals surface area contributed by atoms with Crippen molar-refractivity contribution in [3.63, 3.8) is 0 Å². The van der Waals surface area contributed by atoms with Crippen molar-refractivity contribution in [2.45, 2.75) is 50.1 Å². The van der Waals surface area contributed by atoms with Crippen molar-refractivity contribution in [2.75, 3.05) is 6.61 Å². The predicted molar refractivity (Wildman–Crippen MR) is 149 cm³/mol. The van der Waals surface area contributed by atoms with E-state index in [0.29, 0.717) is 12.5 Å². The van der Waals surface area contributed by atoms with Gasteiger partial charge in [0, 0.05) is 18.9 Å². The number of rotatable bonds is 10. The van der Waals surface area contributed by atoms with Crippen LogP contribution < -0.4 is 10.4 Å². The average Bonchev–Trinajstić information content (AvgIpc) is 3.31. The fourth-order valence-corrected chi connectivity index (χ4v) is 10.1. The normalized spacial score (nSPS) is 13.0. The van der Waals surface area contributed by atoms with Crippen LogP contribution in [0.1, 0.15) is 33.3 Å². The Balaban J connectivity index is 1.47. The Hall–Kier alpha value is -2.67. The molecule has 3 aromatic carbocycles. The highest BCUT2D eigenvalue weighted by Crippen LogP contribution is 2.37. The van der Waals surface area contributed by atoms with Gasteiger partial charge in [-0.3, -0.25) is 4.68 Å². The SMILES string of the molecule is CC(CO[Si](c1ccccc1)(c1ccccc1)C(C)(C)C)Cn1cc(SCc2ccccc2)nn1. The zero-order valence-electron chi connectivity index (χ0n) is 21.1. The van der Waals surface area contributed by atoms with E-state index in [9.17, 15) is 0 Å². The van der Waals surface area contributed by atoms with Gasteiger partial charge in [0.1, 0.15) is 5.03 Å². The summed E-state index contributed by atoms with van der Waals surface area (Å²) in [7, 11) is -2.52. The molecule has 0 aliphatic carbocycles. The van der Waals surface area contributed by atoms with E-state index in [1.165, 1.54) is 15.9 Å². The molecule has 182 valence electrons. The van der Waals surface area contributed by atoms with Crippen molar-refractivity contribution in [1.29, 1.82) is 0 Å². The summed E-state index contributed by atoms with van der Waals surface area (Å²) in [6.07, 6.45) is 2.05. The number of hydrogen-bond donors (Lipinski definition) is 0. The van der Waals surface area contributed by atoms with Crippen LogP contribution in [0.4, 0.5) is 0 Å². The van der Waals surface area contributed by atoms with Crippen LogP contribution in [0.2, 0.25) is 5.04 Å². The van der Waals surface area contributed by atoms with Crippen LogP contribution in [0.25, 0.3) is 0 Å². The molecule has 1 unspecified atom stereocenters. The Labute approximate surface area is 214 Å². The molecule has 4 aromatic rings. The van der Waals surface area contributed by atoms with Crippen LogP contribution in [0.15, 0.2) is 102 Å². The van der Waals surface area contributed by atoms with Gasteiger partial charge in [0.05, 0.1) is 6.20 Å². The van der Waals surface area contributed by atoms with E-state index in [2.05, 4.69) is 123 Å². The summed E-state index contributed by atoms with van der Waals surface area (Å²) in [4.78, 5) is 0. The third-order valence-corrected chi connectivity index (χ3v) is 12.2. The Morgan fingerprint density at radius 1 is 0.857 bits per heavy atom. The molecule has 4 nitrogen and oxygen atoms in total. The van der Waals surface area contributed by atoms with Gasteiger partial charge in [0.15, 0.2) is 0 Å². The Bertz CT molecular complexity index is 1140. The van der Waals surface area contributed by atoms with E-state index in [1.54, 1.807) is 11.8 Å². The average molecular weight is 502 g/mol. The van der Waals surface area contributed by atoms with Crippen LogP contribution in [-0.4, -0.2) is 29.9 Å². The number of benzene rings is 3. The lowest BCUT2D eigenvalue weighted by Crippen LogP contribution is -2.66. The molecule has 0 amide bonds. The smallest absolute Gasteiger partial charge is 0.261 e. The lowest BCUT2D eigenvalue weighted by molar-refractivity contribution is 0.226. The molecule has 0 saturated heterocycles. The van der Waals surface area contributed by atoms with Crippen LogP contribution in [-0.2, 0) is 16.7 Å². The van der Waals surface area contributed by atoms with Gasteiger partial charge in [-0.15, -0.1) is 5.10 Å². The summed E-state index contributed by atoms with van der Waals surface area (Å²) >= 11 is 1.72. The molecule has 1 aromatic heterocycles. The first kappa shape index (κ1) is 25.4. The molecule has 0 aliphatic rings. The molecule has 0 spiro atoms. The molecule has 0 radical (unpaired) electrons. The highest BCUT2D eigenvalue weighted by atomic mass is 32.2. The minimum atomic E-state index is -2.52. The van der Waals surface area contributed by atoms with Crippen molar-refractivity contribution in [1.82, 2.24) is 15.0 Å². The van der Waals surface area contributed by atoms with E-state index in [1.807, 2.05) is 16.9 Å². The van der Waals surface area contributed by atoms with Crippen molar-refractivity contribution < 1.29 is 4.43 Å². The maximum absolute atomic E-state index is 7.08. The molecular formula is C29H35N3OSSi. The molecule has 35 heavy (non-hydrogen) atoms. The summed E-state index contributed by atoms with van der Waals surface area (Å²) in [5.41, 5.74) is 1.29. The van der Waals surface area contributed by atoms with E-state index in [0.717, 1.165) is 17.3 Å².